The number of aromatic nitrogens is 1. The summed E-state index contributed by atoms with van der Waals surface area (Å²) in [4.78, 5) is 17.0. The highest BCUT2D eigenvalue weighted by Crippen LogP contribution is 2.41. The van der Waals surface area contributed by atoms with E-state index in [0.29, 0.717) is 29.7 Å². The molecular formula is C22H24ClNO3. The van der Waals surface area contributed by atoms with E-state index in [1.165, 1.54) is 19.3 Å². The van der Waals surface area contributed by atoms with Crippen LogP contribution in [0.5, 0.6) is 5.75 Å². The molecule has 1 aliphatic carbocycles. The number of carbonyl (C=O) groups is 1. The van der Waals surface area contributed by atoms with Crippen molar-refractivity contribution in [2.75, 3.05) is 0 Å². The molecule has 1 aromatic heterocycles. The monoisotopic (exact) mass is 385 g/mol. The molecule has 2 aliphatic rings. The molecule has 1 fully saturated rings. The number of aryl methyl sites for hydroxylation is 1. The molecule has 1 aliphatic heterocycles. The van der Waals surface area contributed by atoms with Crippen LogP contribution in [0.1, 0.15) is 67.0 Å². The zero-order chi connectivity index (χ0) is 18.8. The Balaban J connectivity index is 1.54. The van der Waals surface area contributed by atoms with Gasteiger partial charge in [-0.2, -0.15) is 0 Å². The molecule has 2 heterocycles. The molecule has 0 bridgehead atoms. The van der Waals surface area contributed by atoms with Crippen LogP contribution in [0, 0.1) is 12.8 Å². The maximum atomic E-state index is 12.5. The highest BCUT2D eigenvalue weighted by molar-refractivity contribution is 6.30. The van der Waals surface area contributed by atoms with E-state index < -0.39 is 0 Å². The second-order valence-corrected chi connectivity index (χ2v) is 7.97. The SMILES string of the molecule is Cc1ncc2c(c1OC(=O)CC1CCCCC1)COC2c1ccc(Cl)cc1. The number of fused-ring (bicyclic) bond motifs is 1. The fourth-order valence-corrected chi connectivity index (χ4v) is 4.24. The van der Waals surface area contributed by atoms with Gasteiger partial charge in [-0.1, -0.05) is 43.0 Å². The average molecular weight is 386 g/mol. The lowest BCUT2D eigenvalue weighted by Crippen LogP contribution is -2.17. The fourth-order valence-electron chi connectivity index (χ4n) is 4.11. The first-order valence-corrected chi connectivity index (χ1v) is 10.1. The molecular weight excluding hydrogens is 362 g/mol. The minimum absolute atomic E-state index is 0.157. The molecule has 2 aromatic rings. The number of esters is 1. The number of ether oxygens (including phenoxy) is 2. The number of carbonyl (C=O) groups excluding carboxylic acids is 1. The van der Waals surface area contributed by atoms with Crippen molar-refractivity contribution in [1.82, 2.24) is 4.98 Å². The summed E-state index contributed by atoms with van der Waals surface area (Å²) in [5, 5.41) is 0.691. The quantitative estimate of drug-likeness (QED) is 0.648. The van der Waals surface area contributed by atoms with Crippen LogP contribution >= 0.6 is 11.6 Å². The van der Waals surface area contributed by atoms with E-state index in [-0.39, 0.29) is 12.1 Å². The van der Waals surface area contributed by atoms with Crippen LogP contribution in [0.3, 0.4) is 0 Å². The summed E-state index contributed by atoms with van der Waals surface area (Å²) in [6, 6.07) is 7.61. The van der Waals surface area contributed by atoms with Gasteiger partial charge in [0.25, 0.3) is 0 Å². The van der Waals surface area contributed by atoms with Crippen LogP contribution < -0.4 is 4.74 Å². The number of rotatable bonds is 4. The fraction of sp³-hybridized carbons (Fsp3) is 0.455. The summed E-state index contributed by atoms with van der Waals surface area (Å²) in [5.41, 5.74) is 3.64. The Morgan fingerprint density at radius 2 is 1.96 bits per heavy atom. The summed E-state index contributed by atoms with van der Waals surface area (Å²) in [7, 11) is 0. The normalized spacial score (nSPS) is 19.7. The van der Waals surface area contributed by atoms with Gasteiger partial charge in [-0.25, -0.2) is 0 Å². The molecule has 4 rings (SSSR count). The van der Waals surface area contributed by atoms with Crippen molar-refractivity contribution in [3.63, 3.8) is 0 Å². The predicted molar refractivity (Wildman–Crippen MR) is 104 cm³/mol. The van der Waals surface area contributed by atoms with Crippen molar-refractivity contribution in [3.05, 3.63) is 57.9 Å². The number of hydrogen-bond acceptors (Lipinski definition) is 4. The van der Waals surface area contributed by atoms with Crippen LogP contribution in [0.25, 0.3) is 0 Å². The molecule has 27 heavy (non-hydrogen) atoms. The number of hydrogen-bond donors (Lipinski definition) is 0. The molecule has 1 atom stereocenters. The van der Waals surface area contributed by atoms with E-state index >= 15 is 0 Å². The van der Waals surface area contributed by atoms with E-state index in [4.69, 9.17) is 21.1 Å². The lowest BCUT2D eigenvalue weighted by molar-refractivity contribution is -0.135. The van der Waals surface area contributed by atoms with Gasteiger partial charge in [0.05, 0.1) is 12.3 Å². The number of halogens is 1. The highest BCUT2D eigenvalue weighted by atomic mass is 35.5. The molecule has 5 heteroatoms. The largest absolute Gasteiger partial charge is 0.424 e. The van der Waals surface area contributed by atoms with Gasteiger partial charge < -0.3 is 9.47 Å². The van der Waals surface area contributed by atoms with Crippen molar-refractivity contribution in [3.8, 4) is 5.75 Å². The summed E-state index contributed by atoms with van der Waals surface area (Å²) in [6.45, 7) is 2.29. The van der Waals surface area contributed by atoms with Crippen molar-refractivity contribution in [1.29, 1.82) is 0 Å². The number of benzene rings is 1. The first-order valence-electron chi connectivity index (χ1n) is 9.68. The standard InChI is InChI=1S/C22H24ClNO3/c1-14-21(27-20(25)11-15-5-3-2-4-6-15)19-13-26-22(18(19)12-24-14)16-7-9-17(23)10-8-16/h7-10,12,15,22H,2-6,11,13H2,1H3. The average Bonchev–Trinajstić information content (AvgIpc) is 3.10. The van der Waals surface area contributed by atoms with Crippen LogP contribution in [0.15, 0.2) is 30.5 Å². The molecule has 0 radical (unpaired) electrons. The molecule has 142 valence electrons. The van der Waals surface area contributed by atoms with Gasteiger partial charge in [0.2, 0.25) is 0 Å². The Kier molecular flexibility index (Phi) is 5.46. The smallest absolute Gasteiger partial charge is 0.311 e. The third kappa shape index (κ3) is 4.02. The zero-order valence-electron chi connectivity index (χ0n) is 15.5. The summed E-state index contributed by atoms with van der Waals surface area (Å²) < 4.78 is 11.8. The first-order chi connectivity index (χ1) is 13.1. The van der Waals surface area contributed by atoms with E-state index in [1.54, 1.807) is 0 Å². The maximum absolute atomic E-state index is 12.5. The Morgan fingerprint density at radius 3 is 2.70 bits per heavy atom. The molecule has 0 amide bonds. The van der Waals surface area contributed by atoms with E-state index in [2.05, 4.69) is 4.98 Å². The lowest BCUT2D eigenvalue weighted by atomic mass is 9.87. The van der Waals surface area contributed by atoms with Gasteiger partial charge in [-0.3, -0.25) is 9.78 Å². The molecule has 1 aromatic carbocycles. The Bertz CT molecular complexity index is 828. The third-order valence-corrected chi connectivity index (χ3v) is 5.85. The molecule has 0 saturated heterocycles. The minimum Gasteiger partial charge on any atom is -0.424 e. The van der Waals surface area contributed by atoms with Crippen LogP contribution in [-0.4, -0.2) is 11.0 Å². The summed E-state index contributed by atoms with van der Waals surface area (Å²) in [6.07, 6.45) is 8.08. The van der Waals surface area contributed by atoms with E-state index in [0.717, 1.165) is 35.2 Å². The summed E-state index contributed by atoms with van der Waals surface area (Å²) >= 11 is 5.99. The Morgan fingerprint density at radius 1 is 1.22 bits per heavy atom. The number of nitrogens with zero attached hydrogens (tertiary/aromatic N) is 1. The van der Waals surface area contributed by atoms with Gasteiger partial charge in [-0.05, 0) is 43.4 Å². The van der Waals surface area contributed by atoms with Crippen LogP contribution in [0.2, 0.25) is 5.02 Å². The predicted octanol–water partition coefficient (Wildman–Crippen LogP) is 5.54. The van der Waals surface area contributed by atoms with Gasteiger partial charge in [0.1, 0.15) is 6.10 Å². The summed E-state index contributed by atoms with van der Waals surface area (Å²) in [5.74, 6) is 0.870. The maximum Gasteiger partial charge on any atom is 0.311 e. The first kappa shape index (κ1) is 18.5. The Labute approximate surface area is 164 Å². The van der Waals surface area contributed by atoms with E-state index in [9.17, 15) is 4.79 Å². The molecule has 0 N–H and O–H groups in total. The van der Waals surface area contributed by atoms with Crippen molar-refractivity contribution in [2.24, 2.45) is 5.92 Å². The second-order valence-electron chi connectivity index (χ2n) is 7.53. The van der Waals surface area contributed by atoms with Gasteiger partial charge >= 0.3 is 5.97 Å². The van der Waals surface area contributed by atoms with Gasteiger partial charge in [0, 0.05) is 28.8 Å². The van der Waals surface area contributed by atoms with Crippen molar-refractivity contribution < 1.29 is 14.3 Å². The Hall–Kier alpha value is -1.91. The lowest BCUT2D eigenvalue weighted by Gasteiger charge is -2.21. The molecule has 1 unspecified atom stereocenters. The molecule has 4 nitrogen and oxygen atoms in total. The second kappa shape index (κ2) is 7.99. The highest BCUT2D eigenvalue weighted by Gasteiger charge is 2.30. The van der Waals surface area contributed by atoms with Crippen molar-refractivity contribution in [2.45, 2.75) is 58.2 Å². The van der Waals surface area contributed by atoms with Crippen molar-refractivity contribution >= 4 is 17.6 Å². The molecule has 1 saturated carbocycles. The topological polar surface area (TPSA) is 48.4 Å². The van der Waals surface area contributed by atoms with Crippen LogP contribution in [0.4, 0.5) is 0 Å². The van der Waals surface area contributed by atoms with Gasteiger partial charge in [-0.15, -0.1) is 0 Å². The third-order valence-electron chi connectivity index (χ3n) is 5.59. The zero-order valence-corrected chi connectivity index (χ0v) is 16.3. The van der Waals surface area contributed by atoms with E-state index in [1.807, 2.05) is 37.4 Å². The number of pyridine rings is 1. The van der Waals surface area contributed by atoms with Gasteiger partial charge in [0.15, 0.2) is 5.75 Å². The minimum atomic E-state index is -0.207. The molecule has 0 spiro atoms. The van der Waals surface area contributed by atoms with Crippen LogP contribution in [-0.2, 0) is 16.1 Å².